The molecule has 0 aliphatic rings. The Hall–Kier alpha value is -0.860. The summed E-state index contributed by atoms with van der Waals surface area (Å²) in [6, 6.07) is 15.2. The normalized spacial score (nSPS) is 12.4. The third-order valence-electron chi connectivity index (χ3n) is 2.92. The second kappa shape index (κ2) is 6.35. The maximum Gasteiger partial charge on any atom is 0.142 e. The third-order valence-corrected chi connectivity index (χ3v) is 4.01. The molecule has 0 aliphatic heterocycles. The van der Waals surface area contributed by atoms with E-state index in [-0.39, 0.29) is 10.8 Å². The van der Waals surface area contributed by atoms with Crippen molar-refractivity contribution in [2.24, 2.45) is 0 Å². The molecule has 0 aromatic heterocycles. The molecule has 18 heavy (non-hydrogen) atoms. The lowest BCUT2D eigenvalue weighted by atomic mass is 9.94. The Morgan fingerprint density at radius 1 is 1.11 bits per heavy atom. The average Bonchev–Trinajstić information content (AvgIpc) is 2.41. The maximum atomic E-state index is 13.4. The van der Waals surface area contributed by atoms with Gasteiger partial charge in [-0.1, -0.05) is 63.9 Å². The van der Waals surface area contributed by atoms with E-state index in [2.05, 4.69) is 28.1 Å². The van der Waals surface area contributed by atoms with Gasteiger partial charge in [0.05, 0.1) is 5.02 Å². The van der Waals surface area contributed by atoms with Crippen LogP contribution in [0, 0.1) is 5.82 Å². The fourth-order valence-corrected chi connectivity index (χ4v) is 2.66. The van der Waals surface area contributed by atoms with E-state index in [1.165, 1.54) is 11.6 Å². The Balaban J connectivity index is 2.18. The standard InChI is InChI=1S/C15H13BrClF/c16-10-13(12-4-2-1-3-5-12)8-11-6-7-14(17)15(18)9-11/h1-7,9,13H,8,10H2. The number of halogens is 3. The predicted molar refractivity (Wildman–Crippen MR) is 78.1 cm³/mol. The first kappa shape index (κ1) is 13.6. The van der Waals surface area contributed by atoms with E-state index in [0.29, 0.717) is 5.92 Å². The van der Waals surface area contributed by atoms with Crippen molar-refractivity contribution in [1.82, 2.24) is 0 Å². The monoisotopic (exact) mass is 326 g/mol. The Morgan fingerprint density at radius 3 is 2.44 bits per heavy atom. The van der Waals surface area contributed by atoms with Gasteiger partial charge in [0.25, 0.3) is 0 Å². The molecule has 0 saturated heterocycles. The second-order valence-corrected chi connectivity index (χ2v) is 5.27. The molecule has 0 bridgehead atoms. The van der Waals surface area contributed by atoms with Crippen LogP contribution < -0.4 is 0 Å². The molecule has 1 atom stereocenters. The van der Waals surface area contributed by atoms with E-state index in [4.69, 9.17) is 11.6 Å². The van der Waals surface area contributed by atoms with Crippen LogP contribution in [-0.4, -0.2) is 5.33 Å². The Kier molecular flexibility index (Phi) is 4.79. The largest absolute Gasteiger partial charge is 0.205 e. The summed E-state index contributed by atoms with van der Waals surface area (Å²) in [4.78, 5) is 0. The highest BCUT2D eigenvalue weighted by molar-refractivity contribution is 9.09. The summed E-state index contributed by atoms with van der Waals surface area (Å²) in [6.07, 6.45) is 0.795. The number of benzene rings is 2. The maximum absolute atomic E-state index is 13.4. The van der Waals surface area contributed by atoms with Gasteiger partial charge in [0.2, 0.25) is 0 Å². The molecule has 1 unspecified atom stereocenters. The molecule has 0 N–H and O–H groups in total. The molecule has 3 heteroatoms. The van der Waals surface area contributed by atoms with Gasteiger partial charge in [0, 0.05) is 5.33 Å². The molecular formula is C15H13BrClF. The molecule has 0 spiro atoms. The summed E-state index contributed by atoms with van der Waals surface area (Å²) in [5.41, 5.74) is 2.22. The SMILES string of the molecule is Fc1cc(CC(CBr)c2ccccc2)ccc1Cl. The van der Waals surface area contributed by atoms with E-state index in [9.17, 15) is 4.39 Å². The fourth-order valence-electron chi connectivity index (χ4n) is 1.94. The molecule has 2 rings (SSSR count). The fraction of sp³-hybridized carbons (Fsp3) is 0.200. The van der Waals surface area contributed by atoms with Crippen LogP contribution >= 0.6 is 27.5 Å². The number of rotatable bonds is 4. The smallest absolute Gasteiger partial charge is 0.142 e. The van der Waals surface area contributed by atoms with Crippen molar-refractivity contribution < 1.29 is 4.39 Å². The van der Waals surface area contributed by atoms with Crippen molar-refractivity contribution in [2.45, 2.75) is 12.3 Å². The van der Waals surface area contributed by atoms with Crippen molar-refractivity contribution in [1.29, 1.82) is 0 Å². The first-order valence-electron chi connectivity index (χ1n) is 5.75. The summed E-state index contributed by atoms with van der Waals surface area (Å²) in [7, 11) is 0. The average molecular weight is 328 g/mol. The van der Waals surface area contributed by atoms with Crippen LogP contribution in [0.1, 0.15) is 17.0 Å². The summed E-state index contributed by atoms with van der Waals surface area (Å²) in [5.74, 6) is -0.0117. The van der Waals surface area contributed by atoms with Gasteiger partial charge in [-0.25, -0.2) is 4.39 Å². The lowest BCUT2D eigenvalue weighted by Gasteiger charge is -2.14. The lowest BCUT2D eigenvalue weighted by molar-refractivity contribution is 0.624. The van der Waals surface area contributed by atoms with Crippen molar-refractivity contribution in [3.8, 4) is 0 Å². The van der Waals surface area contributed by atoms with Crippen molar-refractivity contribution >= 4 is 27.5 Å². The van der Waals surface area contributed by atoms with E-state index < -0.39 is 0 Å². The minimum atomic E-state index is -0.351. The Morgan fingerprint density at radius 2 is 1.83 bits per heavy atom. The third kappa shape index (κ3) is 3.33. The van der Waals surface area contributed by atoms with Gasteiger partial charge in [0.1, 0.15) is 5.82 Å². The first-order chi connectivity index (χ1) is 8.70. The molecule has 2 aromatic carbocycles. The van der Waals surface area contributed by atoms with Gasteiger partial charge < -0.3 is 0 Å². The zero-order valence-corrected chi connectivity index (χ0v) is 12.1. The summed E-state index contributed by atoms with van der Waals surface area (Å²) >= 11 is 9.21. The summed E-state index contributed by atoms with van der Waals surface area (Å²) in [6.45, 7) is 0. The van der Waals surface area contributed by atoms with Crippen molar-refractivity contribution in [2.75, 3.05) is 5.33 Å². The Labute approximate surface area is 120 Å². The van der Waals surface area contributed by atoms with Gasteiger partial charge in [-0.2, -0.15) is 0 Å². The minimum absolute atomic E-state index is 0.175. The van der Waals surface area contributed by atoms with Crippen LogP contribution in [0.25, 0.3) is 0 Å². The quantitative estimate of drug-likeness (QED) is 0.677. The highest BCUT2D eigenvalue weighted by atomic mass is 79.9. The molecule has 2 aromatic rings. The lowest BCUT2D eigenvalue weighted by Crippen LogP contribution is -2.04. The van der Waals surface area contributed by atoms with E-state index in [0.717, 1.165) is 17.3 Å². The number of hydrogen-bond donors (Lipinski definition) is 0. The van der Waals surface area contributed by atoms with Crippen LogP contribution in [0.5, 0.6) is 0 Å². The first-order valence-corrected chi connectivity index (χ1v) is 7.25. The Bertz CT molecular complexity index is 513. The molecule has 0 saturated carbocycles. The van der Waals surface area contributed by atoms with Gasteiger partial charge in [-0.05, 0) is 35.6 Å². The molecule has 0 amide bonds. The highest BCUT2D eigenvalue weighted by Crippen LogP contribution is 2.24. The number of hydrogen-bond acceptors (Lipinski definition) is 0. The topological polar surface area (TPSA) is 0 Å². The van der Waals surface area contributed by atoms with Gasteiger partial charge in [-0.3, -0.25) is 0 Å². The van der Waals surface area contributed by atoms with Crippen LogP contribution in [0.15, 0.2) is 48.5 Å². The molecule has 0 nitrogen and oxygen atoms in total. The molecule has 0 fully saturated rings. The van der Waals surface area contributed by atoms with E-state index in [1.54, 1.807) is 6.07 Å². The highest BCUT2D eigenvalue weighted by Gasteiger charge is 2.11. The molecule has 94 valence electrons. The van der Waals surface area contributed by atoms with E-state index >= 15 is 0 Å². The van der Waals surface area contributed by atoms with Crippen LogP contribution in [-0.2, 0) is 6.42 Å². The molecular weight excluding hydrogens is 315 g/mol. The van der Waals surface area contributed by atoms with Gasteiger partial charge >= 0.3 is 0 Å². The van der Waals surface area contributed by atoms with Crippen LogP contribution in [0.4, 0.5) is 4.39 Å². The van der Waals surface area contributed by atoms with Crippen molar-refractivity contribution in [3.05, 3.63) is 70.5 Å². The summed E-state index contributed by atoms with van der Waals surface area (Å²) in [5, 5.41) is 1.02. The van der Waals surface area contributed by atoms with Crippen LogP contribution in [0.3, 0.4) is 0 Å². The van der Waals surface area contributed by atoms with Crippen LogP contribution in [0.2, 0.25) is 5.02 Å². The number of alkyl halides is 1. The summed E-state index contributed by atoms with van der Waals surface area (Å²) < 4.78 is 13.4. The zero-order valence-electron chi connectivity index (χ0n) is 9.74. The second-order valence-electron chi connectivity index (χ2n) is 4.21. The molecule has 0 radical (unpaired) electrons. The molecule has 0 aliphatic carbocycles. The predicted octanol–water partition coefficient (Wildman–Crippen LogP) is 5.20. The van der Waals surface area contributed by atoms with Crippen molar-refractivity contribution in [3.63, 3.8) is 0 Å². The molecule has 0 heterocycles. The minimum Gasteiger partial charge on any atom is -0.205 e. The van der Waals surface area contributed by atoms with Gasteiger partial charge in [-0.15, -0.1) is 0 Å². The van der Waals surface area contributed by atoms with Gasteiger partial charge in [0.15, 0.2) is 0 Å². The zero-order chi connectivity index (χ0) is 13.0. The van der Waals surface area contributed by atoms with E-state index in [1.807, 2.05) is 24.3 Å².